The molecule has 3 atom stereocenters. The third-order valence-corrected chi connectivity index (χ3v) is 4.47. The lowest BCUT2D eigenvalue weighted by molar-refractivity contribution is -0.134. The maximum Gasteiger partial charge on any atom is 0.119 e. The van der Waals surface area contributed by atoms with E-state index in [1.54, 1.807) is 0 Å². The summed E-state index contributed by atoms with van der Waals surface area (Å²) in [4.78, 5) is 0. The molecular weight excluding hydrogens is 224 g/mol. The Kier molecular flexibility index (Phi) is 3.67. The van der Waals surface area contributed by atoms with Gasteiger partial charge in [-0.05, 0) is 30.0 Å². The number of benzene rings is 1. The summed E-state index contributed by atoms with van der Waals surface area (Å²) in [7, 11) is 0. The van der Waals surface area contributed by atoms with Crippen LogP contribution in [0.25, 0.3) is 0 Å². The Morgan fingerprint density at radius 3 is 2.39 bits per heavy atom. The second-order valence-electron chi connectivity index (χ2n) is 6.06. The predicted octanol–water partition coefficient (Wildman–Crippen LogP) is 3.74. The molecule has 1 aliphatic rings. The summed E-state index contributed by atoms with van der Waals surface area (Å²) < 4.78 is 5.94. The summed E-state index contributed by atoms with van der Waals surface area (Å²) in [6.45, 7) is 8.55. The molecule has 1 aromatic rings. The van der Waals surface area contributed by atoms with E-state index < -0.39 is 0 Å². The van der Waals surface area contributed by atoms with Crippen LogP contribution in [0.2, 0.25) is 0 Å². The van der Waals surface area contributed by atoms with Gasteiger partial charge >= 0.3 is 0 Å². The Labute approximate surface area is 110 Å². The summed E-state index contributed by atoms with van der Waals surface area (Å²) in [6, 6.07) is 8.38. The lowest BCUT2D eigenvalue weighted by atomic mass is 9.66. The molecule has 0 bridgehead atoms. The van der Waals surface area contributed by atoms with Crippen LogP contribution in [0.1, 0.15) is 52.0 Å². The monoisotopic (exact) mass is 248 g/mol. The number of rotatable bonds is 4. The van der Waals surface area contributed by atoms with Gasteiger partial charge in [0.2, 0.25) is 0 Å². The molecule has 0 heterocycles. The van der Waals surface area contributed by atoms with Crippen molar-refractivity contribution in [2.24, 2.45) is 5.41 Å². The number of ether oxygens (including phenoxy) is 1. The fraction of sp³-hybridized carbons (Fsp3) is 0.625. The first-order valence-electron chi connectivity index (χ1n) is 6.89. The molecule has 0 spiro atoms. The number of hydrogen-bond acceptors (Lipinski definition) is 2. The van der Waals surface area contributed by atoms with Gasteiger partial charge in [-0.2, -0.15) is 0 Å². The Morgan fingerprint density at radius 1 is 1.33 bits per heavy atom. The van der Waals surface area contributed by atoms with Crippen LogP contribution in [0.15, 0.2) is 24.3 Å². The molecule has 2 nitrogen and oxygen atoms in total. The highest BCUT2D eigenvalue weighted by Gasteiger charge is 2.49. The van der Waals surface area contributed by atoms with Crippen LogP contribution in [0.5, 0.6) is 5.75 Å². The highest BCUT2D eigenvalue weighted by molar-refractivity contribution is 5.29. The average molecular weight is 248 g/mol. The van der Waals surface area contributed by atoms with Crippen molar-refractivity contribution in [2.45, 2.75) is 58.7 Å². The van der Waals surface area contributed by atoms with Crippen molar-refractivity contribution < 1.29 is 9.84 Å². The van der Waals surface area contributed by atoms with Gasteiger partial charge in [0, 0.05) is 11.8 Å². The van der Waals surface area contributed by atoms with E-state index in [0.29, 0.717) is 5.92 Å². The molecule has 3 unspecified atom stereocenters. The van der Waals surface area contributed by atoms with Crippen LogP contribution in [0.4, 0.5) is 0 Å². The van der Waals surface area contributed by atoms with Gasteiger partial charge in [-0.1, -0.05) is 39.8 Å². The van der Waals surface area contributed by atoms with E-state index in [1.165, 1.54) is 5.56 Å². The number of aliphatic hydroxyl groups is 1. The van der Waals surface area contributed by atoms with E-state index in [2.05, 4.69) is 39.8 Å². The van der Waals surface area contributed by atoms with Crippen LogP contribution in [-0.2, 0) is 0 Å². The van der Waals surface area contributed by atoms with Gasteiger partial charge < -0.3 is 9.84 Å². The molecule has 0 aliphatic heterocycles. The Morgan fingerprint density at radius 2 is 1.94 bits per heavy atom. The molecule has 1 N–H and O–H groups in total. The fourth-order valence-electron chi connectivity index (χ4n) is 2.34. The van der Waals surface area contributed by atoms with E-state index >= 15 is 0 Å². The minimum Gasteiger partial charge on any atom is -0.490 e. The van der Waals surface area contributed by atoms with E-state index in [1.807, 2.05) is 12.1 Å². The highest BCUT2D eigenvalue weighted by atomic mass is 16.5. The second kappa shape index (κ2) is 4.93. The molecule has 0 radical (unpaired) electrons. The van der Waals surface area contributed by atoms with Crippen molar-refractivity contribution in [1.29, 1.82) is 0 Å². The molecule has 1 saturated carbocycles. The van der Waals surface area contributed by atoms with Crippen molar-refractivity contribution >= 4 is 0 Å². The van der Waals surface area contributed by atoms with Crippen molar-refractivity contribution in [3.8, 4) is 5.75 Å². The van der Waals surface area contributed by atoms with Gasteiger partial charge in [-0.3, -0.25) is 0 Å². The summed E-state index contributed by atoms with van der Waals surface area (Å²) in [5.41, 5.74) is 1.23. The summed E-state index contributed by atoms with van der Waals surface area (Å²) in [5, 5.41) is 9.69. The van der Waals surface area contributed by atoms with E-state index in [0.717, 1.165) is 18.6 Å². The van der Waals surface area contributed by atoms with Crippen LogP contribution in [0, 0.1) is 5.41 Å². The van der Waals surface area contributed by atoms with Crippen LogP contribution in [-0.4, -0.2) is 17.3 Å². The van der Waals surface area contributed by atoms with E-state index in [4.69, 9.17) is 4.74 Å². The molecule has 2 heteroatoms. The minimum absolute atomic E-state index is 0.127. The lowest BCUT2D eigenvalue weighted by Gasteiger charge is -2.48. The molecule has 100 valence electrons. The Balaban J connectivity index is 1.99. The van der Waals surface area contributed by atoms with Gasteiger partial charge in [0.1, 0.15) is 11.9 Å². The average Bonchev–Trinajstić information content (AvgIpc) is 2.38. The Bertz CT molecular complexity index is 394. The molecule has 1 aliphatic carbocycles. The van der Waals surface area contributed by atoms with E-state index in [-0.39, 0.29) is 17.6 Å². The zero-order chi connectivity index (χ0) is 13.3. The molecule has 18 heavy (non-hydrogen) atoms. The third kappa shape index (κ3) is 2.39. The van der Waals surface area contributed by atoms with E-state index in [9.17, 15) is 5.11 Å². The summed E-state index contributed by atoms with van der Waals surface area (Å²) in [6.07, 6.45) is 1.78. The molecule has 1 fully saturated rings. The minimum atomic E-state index is -0.234. The van der Waals surface area contributed by atoms with Gasteiger partial charge in [0.25, 0.3) is 0 Å². The zero-order valence-corrected chi connectivity index (χ0v) is 11.8. The van der Waals surface area contributed by atoms with Crippen molar-refractivity contribution in [1.82, 2.24) is 0 Å². The molecule has 2 rings (SSSR count). The van der Waals surface area contributed by atoms with Gasteiger partial charge in [0.15, 0.2) is 0 Å². The molecule has 0 saturated heterocycles. The van der Waals surface area contributed by atoms with Crippen LogP contribution in [0.3, 0.4) is 0 Å². The first-order valence-corrected chi connectivity index (χ1v) is 6.89. The van der Waals surface area contributed by atoms with Crippen LogP contribution < -0.4 is 4.74 Å². The van der Waals surface area contributed by atoms with Crippen molar-refractivity contribution in [2.75, 3.05) is 0 Å². The first-order chi connectivity index (χ1) is 8.45. The lowest BCUT2D eigenvalue weighted by Crippen LogP contribution is -2.56. The van der Waals surface area contributed by atoms with Gasteiger partial charge in [0.05, 0.1) is 6.10 Å². The van der Waals surface area contributed by atoms with Crippen molar-refractivity contribution in [3.63, 3.8) is 0 Å². The summed E-state index contributed by atoms with van der Waals surface area (Å²) >= 11 is 0. The smallest absolute Gasteiger partial charge is 0.119 e. The zero-order valence-electron chi connectivity index (χ0n) is 11.8. The Hall–Kier alpha value is -1.02. The largest absolute Gasteiger partial charge is 0.490 e. The maximum absolute atomic E-state index is 9.69. The van der Waals surface area contributed by atoms with Gasteiger partial charge in [-0.25, -0.2) is 0 Å². The topological polar surface area (TPSA) is 29.5 Å². The quantitative estimate of drug-likeness (QED) is 0.879. The van der Waals surface area contributed by atoms with Crippen LogP contribution >= 0.6 is 0 Å². The predicted molar refractivity (Wildman–Crippen MR) is 74.0 cm³/mol. The highest BCUT2D eigenvalue weighted by Crippen LogP contribution is 2.42. The number of hydrogen-bond donors (Lipinski definition) is 1. The first kappa shape index (κ1) is 13.4. The third-order valence-electron chi connectivity index (χ3n) is 4.47. The number of aliphatic hydroxyl groups excluding tert-OH is 1. The van der Waals surface area contributed by atoms with Crippen molar-refractivity contribution in [3.05, 3.63) is 29.8 Å². The molecule has 1 aromatic carbocycles. The standard InChI is InChI=1S/C16H24O2/c1-5-11(2)12-6-8-13(9-7-12)18-15-10-14(17)16(15,3)4/h6-9,11,14-15,17H,5,10H2,1-4H3. The second-order valence-corrected chi connectivity index (χ2v) is 6.06. The SMILES string of the molecule is CCC(C)c1ccc(OC2CC(O)C2(C)C)cc1. The molecule has 0 aromatic heterocycles. The summed E-state index contributed by atoms with van der Waals surface area (Å²) in [5.74, 6) is 1.51. The maximum atomic E-state index is 9.69. The molecule has 0 amide bonds. The van der Waals surface area contributed by atoms with Gasteiger partial charge in [-0.15, -0.1) is 0 Å². The fourth-order valence-corrected chi connectivity index (χ4v) is 2.34. The molecular formula is C16H24O2. The normalized spacial score (nSPS) is 27.4.